The van der Waals surface area contributed by atoms with Crippen molar-refractivity contribution in [1.29, 1.82) is 0 Å². The van der Waals surface area contributed by atoms with Crippen molar-refractivity contribution >= 4 is 20.9 Å². The maximum atomic E-state index is 12.7. The molecule has 0 atom stereocenters. The number of rotatable bonds is 1. The minimum absolute atomic E-state index is 0.158. The molecule has 0 saturated heterocycles. The summed E-state index contributed by atoms with van der Waals surface area (Å²) in [6.07, 6.45) is -4.85. The minimum Gasteiger partial charge on any atom is -0.282 e. The summed E-state index contributed by atoms with van der Waals surface area (Å²) in [6, 6.07) is 7.44. The Bertz CT molecular complexity index is 705. The Kier molecular flexibility index (Phi) is 2.83. The van der Waals surface area contributed by atoms with Crippen molar-refractivity contribution in [3.8, 4) is 0 Å². The number of benzene rings is 2. The van der Waals surface area contributed by atoms with Gasteiger partial charge in [-0.25, -0.2) is 0 Å². The van der Waals surface area contributed by atoms with Crippen molar-refractivity contribution in [2.45, 2.75) is 11.1 Å². The van der Waals surface area contributed by atoms with Gasteiger partial charge in [-0.1, -0.05) is 30.3 Å². The van der Waals surface area contributed by atoms with E-state index in [2.05, 4.69) is 0 Å². The molecule has 18 heavy (non-hydrogen) atoms. The quantitative estimate of drug-likeness (QED) is 0.814. The van der Waals surface area contributed by atoms with Crippen molar-refractivity contribution in [2.75, 3.05) is 0 Å². The topological polar surface area (TPSA) is 54.4 Å². The van der Waals surface area contributed by atoms with Gasteiger partial charge in [0.25, 0.3) is 10.1 Å². The fourth-order valence-corrected chi connectivity index (χ4v) is 2.67. The molecule has 2 aromatic carbocycles. The summed E-state index contributed by atoms with van der Waals surface area (Å²) in [5.41, 5.74) is -1.37. The summed E-state index contributed by atoms with van der Waals surface area (Å²) in [5, 5.41) is 0.146. The van der Waals surface area contributed by atoms with Crippen LogP contribution in [0.1, 0.15) is 5.56 Å². The monoisotopic (exact) mass is 276 g/mol. The summed E-state index contributed by atoms with van der Waals surface area (Å²) in [6.45, 7) is 0. The Morgan fingerprint density at radius 3 is 2.17 bits per heavy atom. The predicted octanol–water partition coefficient (Wildman–Crippen LogP) is 3.11. The zero-order chi connectivity index (χ0) is 13.6. The van der Waals surface area contributed by atoms with Gasteiger partial charge in [0.15, 0.2) is 0 Å². The first-order valence-electron chi connectivity index (χ1n) is 4.78. The average Bonchev–Trinajstić information content (AvgIpc) is 2.24. The lowest BCUT2D eigenvalue weighted by molar-refractivity contribution is -0.139. The van der Waals surface area contributed by atoms with Crippen LogP contribution in [0.25, 0.3) is 10.8 Å². The predicted molar refractivity (Wildman–Crippen MR) is 58.8 cm³/mol. The second-order valence-corrected chi connectivity index (χ2v) is 4.99. The Balaban J connectivity index is 2.98. The van der Waals surface area contributed by atoms with Crippen LogP contribution in [0, 0.1) is 0 Å². The highest BCUT2D eigenvalue weighted by Gasteiger charge is 2.37. The van der Waals surface area contributed by atoms with E-state index in [0.717, 1.165) is 6.07 Å². The van der Waals surface area contributed by atoms with Gasteiger partial charge in [0.1, 0.15) is 4.90 Å². The molecule has 0 heterocycles. The Hall–Kier alpha value is -1.60. The smallest absolute Gasteiger partial charge is 0.282 e. The molecule has 0 aliphatic rings. The fourth-order valence-electron chi connectivity index (χ4n) is 1.74. The third kappa shape index (κ3) is 2.19. The number of halogens is 3. The van der Waals surface area contributed by atoms with E-state index in [9.17, 15) is 21.6 Å². The maximum absolute atomic E-state index is 12.7. The Labute approximate surface area is 101 Å². The molecule has 0 aliphatic carbocycles. The molecule has 0 saturated carbocycles. The summed E-state index contributed by atoms with van der Waals surface area (Å²) < 4.78 is 69.5. The second-order valence-electron chi connectivity index (χ2n) is 3.64. The van der Waals surface area contributed by atoms with Crippen LogP contribution in [-0.2, 0) is 16.3 Å². The van der Waals surface area contributed by atoms with Crippen molar-refractivity contribution in [2.24, 2.45) is 0 Å². The molecule has 0 amide bonds. The van der Waals surface area contributed by atoms with E-state index in [4.69, 9.17) is 4.55 Å². The van der Waals surface area contributed by atoms with Crippen LogP contribution in [0.2, 0.25) is 0 Å². The lowest BCUT2D eigenvalue weighted by Gasteiger charge is -2.13. The third-order valence-electron chi connectivity index (χ3n) is 2.44. The van der Waals surface area contributed by atoms with Crippen LogP contribution >= 0.6 is 0 Å². The van der Waals surface area contributed by atoms with E-state index in [-0.39, 0.29) is 5.39 Å². The highest BCUT2D eigenvalue weighted by molar-refractivity contribution is 7.86. The van der Waals surface area contributed by atoms with Crippen LogP contribution in [0.4, 0.5) is 13.2 Å². The van der Waals surface area contributed by atoms with Crippen molar-refractivity contribution < 1.29 is 26.1 Å². The van der Waals surface area contributed by atoms with E-state index < -0.39 is 26.8 Å². The highest BCUT2D eigenvalue weighted by Crippen LogP contribution is 2.37. The van der Waals surface area contributed by atoms with Gasteiger partial charge in [0.05, 0.1) is 5.56 Å². The molecule has 0 spiro atoms. The molecule has 2 rings (SSSR count). The molecule has 1 N–H and O–H groups in total. The number of fused-ring (bicyclic) bond motifs is 1. The first-order chi connectivity index (χ1) is 8.21. The molecule has 0 aromatic heterocycles. The second kappa shape index (κ2) is 3.96. The fraction of sp³-hybridized carbons (Fsp3) is 0.0909. The molecule has 0 bridgehead atoms. The van der Waals surface area contributed by atoms with Crippen molar-refractivity contribution in [3.05, 3.63) is 42.0 Å². The molecule has 0 aliphatic heterocycles. The minimum atomic E-state index is -4.96. The Morgan fingerprint density at radius 1 is 1.00 bits per heavy atom. The largest absolute Gasteiger partial charge is 0.417 e. The average molecular weight is 276 g/mol. The lowest BCUT2D eigenvalue weighted by Crippen LogP contribution is -2.13. The van der Waals surface area contributed by atoms with Crippen molar-refractivity contribution in [1.82, 2.24) is 0 Å². The summed E-state index contributed by atoms with van der Waals surface area (Å²) in [4.78, 5) is -1.10. The van der Waals surface area contributed by atoms with Crippen molar-refractivity contribution in [3.63, 3.8) is 0 Å². The van der Waals surface area contributed by atoms with Crippen LogP contribution < -0.4 is 0 Å². The van der Waals surface area contributed by atoms with Crippen LogP contribution in [0.5, 0.6) is 0 Å². The van der Waals surface area contributed by atoms with E-state index >= 15 is 0 Å². The van der Waals surface area contributed by atoms with Gasteiger partial charge in [-0.2, -0.15) is 21.6 Å². The van der Waals surface area contributed by atoms with Crippen LogP contribution in [0.3, 0.4) is 0 Å². The maximum Gasteiger partial charge on any atom is 0.417 e. The van der Waals surface area contributed by atoms with Gasteiger partial charge in [-0.15, -0.1) is 0 Å². The van der Waals surface area contributed by atoms with Crippen LogP contribution in [-0.4, -0.2) is 13.0 Å². The third-order valence-corrected chi connectivity index (χ3v) is 3.40. The highest BCUT2D eigenvalue weighted by atomic mass is 32.2. The standard InChI is InChI=1S/C11H7F3O3S/c12-11(13,14)9-6-5-7-3-1-2-4-8(7)10(9)18(15,16)17/h1-6H,(H,15,16,17). The van der Waals surface area contributed by atoms with E-state index in [1.54, 1.807) is 6.07 Å². The van der Waals surface area contributed by atoms with Gasteiger partial charge < -0.3 is 0 Å². The lowest BCUT2D eigenvalue weighted by atomic mass is 10.1. The summed E-state index contributed by atoms with van der Waals surface area (Å²) in [5.74, 6) is 0. The molecule has 0 fully saturated rings. The normalized spacial score (nSPS) is 12.9. The summed E-state index contributed by atoms with van der Waals surface area (Å²) in [7, 11) is -4.96. The van der Waals surface area contributed by atoms with E-state index in [1.807, 2.05) is 0 Å². The molecular weight excluding hydrogens is 269 g/mol. The zero-order valence-electron chi connectivity index (χ0n) is 8.77. The van der Waals surface area contributed by atoms with Gasteiger partial charge in [-0.05, 0) is 11.5 Å². The first kappa shape index (κ1) is 12.8. The zero-order valence-corrected chi connectivity index (χ0v) is 9.59. The molecule has 7 heteroatoms. The van der Waals surface area contributed by atoms with Gasteiger partial charge in [0.2, 0.25) is 0 Å². The number of alkyl halides is 3. The molecule has 3 nitrogen and oxygen atoms in total. The van der Waals surface area contributed by atoms with Gasteiger partial charge >= 0.3 is 6.18 Å². The molecule has 2 aromatic rings. The van der Waals surface area contributed by atoms with Crippen LogP contribution in [0.15, 0.2) is 41.3 Å². The number of hydrogen-bond donors (Lipinski definition) is 1. The molecule has 0 unspecified atom stereocenters. The van der Waals surface area contributed by atoms with E-state index in [0.29, 0.717) is 11.5 Å². The summed E-state index contributed by atoms with van der Waals surface area (Å²) >= 11 is 0. The SMILES string of the molecule is O=S(=O)(O)c1c(C(F)(F)F)ccc2ccccc12. The van der Waals surface area contributed by atoms with Gasteiger partial charge in [-0.3, -0.25) is 4.55 Å². The number of hydrogen-bond acceptors (Lipinski definition) is 2. The van der Waals surface area contributed by atoms with Gasteiger partial charge in [0, 0.05) is 5.39 Å². The molecule has 0 radical (unpaired) electrons. The first-order valence-corrected chi connectivity index (χ1v) is 6.22. The Morgan fingerprint density at radius 2 is 1.61 bits per heavy atom. The molecular formula is C11H7F3O3S. The molecule has 96 valence electrons. The van der Waals surface area contributed by atoms with E-state index in [1.165, 1.54) is 18.2 Å².